The normalized spacial score (nSPS) is 28.8. The van der Waals surface area contributed by atoms with Gasteiger partial charge in [-0.2, -0.15) is 11.8 Å². The number of amides is 1. The topological polar surface area (TPSA) is 44.4 Å². The summed E-state index contributed by atoms with van der Waals surface area (Å²) in [5.74, 6) is 3.26. The van der Waals surface area contributed by atoms with Crippen LogP contribution in [0.5, 0.6) is 0 Å². The molecule has 2 bridgehead atoms. The number of thioether (sulfide) groups is 1. The molecule has 1 aromatic rings. The number of rotatable bonds is 6. The number of anilines is 1. The summed E-state index contributed by atoms with van der Waals surface area (Å²) in [5.41, 5.74) is 2.29. The standard InChI is InChI=1S/C21H31N3OS/c25-21(15-17-13-19-5-6-20(14-17)22-19)23-18-3-1-16(2-4-18)7-8-24-9-11-26-12-10-24/h1-4,17,19-20,22H,5-15H2,(H,23,25). The molecule has 3 heterocycles. The van der Waals surface area contributed by atoms with Crippen LogP contribution >= 0.6 is 11.8 Å². The summed E-state index contributed by atoms with van der Waals surface area (Å²) >= 11 is 2.06. The number of benzene rings is 1. The molecule has 142 valence electrons. The predicted octanol–water partition coefficient (Wildman–Crippen LogP) is 3.14. The minimum atomic E-state index is 0.176. The number of carbonyl (C=O) groups excluding carboxylic acids is 1. The third-order valence-corrected chi connectivity index (χ3v) is 7.05. The summed E-state index contributed by atoms with van der Waals surface area (Å²) < 4.78 is 0. The maximum absolute atomic E-state index is 12.4. The Bertz CT molecular complexity index is 588. The minimum absolute atomic E-state index is 0.176. The molecule has 0 aliphatic carbocycles. The van der Waals surface area contributed by atoms with E-state index in [1.165, 1.54) is 43.0 Å². The van der Waals surface area contributed by atoms with Crippen LogP contribution < -0.4 is 10.6 Å². The van der Waals surface area contributed by atoms with Crippen molar-refractivity contribution < 1.29 is 4.79 Å². The molecular formula is C21H31N3OS. The Labute approximate surface area is 161 Å². The van der Waals surface area contributed by atoms with E-state index in [4.69, 9.17) is 0 Å². The lowest BCUT2D eigenvalue weighted by molar-refractivity contribution is -0.117. The van der Waals surface area contributed by atoms with Gasteiger partial charge >= 0.3 is 0 Å². The smallest absolute Gasteiger partial charge is 0.224 e. The summed E-state index contributed by atoms with van der Waals surface area (Å²) in [5, 5.41) is 6.75. The highest BCUT2D eigenvalue weighted by Gasteiger charge is 2.34. The Hall–Kier alpha value is -1.04. The van der Waals surface area contributed by atoms with Crippen LogP contribution in [0.15, 0.2) is 24.3 Å². The third-order valence-electron chi connectivity index (χ3n) is 6.10. The maximum atomic E-state index is 12.4. The fourth-order valence-corrected chi connectivity index (χ4v) is 5.66. The van der Waals surface area contributed by atoms with Crippen LogP contribution in [0.4, 0.5) is 5.69 Å². The van der Waals surface area contributed by atoms with E-state index >= 15 is 0 Å². The van der Waals surface area contributed by atoms with Crippen LogP contribution in [0.1, 0.15) is 37.7 Å². The molecule has 3 saturated heterocycles. The van der Waals surface area contributed by atoms with Crippen molar-refractivity contribution in [2.24, 2.45) is 5.92 Å². The molecule has 4 rings (SSSR count). The summed E-state index contributed by atoms with van der Waals surface area (Å²) in [4.78, 5) is 14.9. The Kier molecular flexibility index (Phi) is 6.18. The van der Waals surface area contributed by atoms with E-state index in [1.807, 2.05) is 0 Å². The van der Waals surface area contributed by atoms with Crippen LogP contribution in [-0.2, 0) is 11.2 Å². The first-order chi connectivity index (χ1) is 12.7. The van der Waals surface area contributed by atoms with E-state index in [9.17, 15) is 4.79 Å². The Morgan fingerprint density at radius 3 is 2.50 bits per heavy atom. The van der Waals surface area contributed by atoms with Gasteiger partial charge in [-0.15, -0.1) is 0 Å². The summed E-state index contributed by atoms with van der Waals surface area (Å²) in [6.45, 7) is 3.58. The Morgan fingerprint density at radius 2 is 1.81 bits per heavy atom. The van der Waals surface area contributed by atoms with Crippen LogP contribution in [0.2, 0.25) is 0 Å². The van der Waals surface area contributed by atoms with Crippen molar-refractivity contribution in [3.63, 3.8) is 0 Å². The van der Waals surface area contributed by atoms with Crippen molar-refractivity contribution in [3.8, 4) is 0 Å². The van der Waals surface area contributed by atoms with Gasteiger partial charge in [-0.25, -0.2) is 0 Å². The Balaban J connectivity index is 1.21. The number of hydrogen-bond donors (Lipinski definition) is 2. The Morgan fingerprint density at radius 1 is 1.12 bits per heavy atom. The zero-order chi connectivity index (χ0) is 17.8. The molecule has 5 heteroatoms. The lowest BCUT2D eigenvalue weighted by Gasteiger charge is -2.28. The molecule has 3 aliphatic rings. The highest BCUT2D eigenvalue weighted by atomic mass is 32.2. The fraction of sp³-hybridized carbons (Fsp3) is 0.667. The molecule has 2 unspecified atom stereocenters. The van der Waals surface area contributed by atoms with Crippen LogP contribution in [0, 0.1) is 5.92 Å². The van der Waals surface area contributed by atoms with Gasteiger partial charge in [0.2, 0.25) is 5.91 Å². The largest absolute Gasteiger partial charge is 0.326 e. The predicted molar refractivity (Wildman–Crippen MR) is 110 cm³/mol. The molecule has 0 saturated carbocycles. The van der Waals surface area contributed by atoms with Crippen LogP contribution in [0.3, 0.4) is 0 Å². The van der Waals surface area contributed by atoms with Crippen molar-refractivity contribution in [3.05, 3.63) is 29.8 Å². The van der Waals surface area contributed by atoms with Gasteiger partial charge in [0, 0.05) is 55.3 Å². The summed E-state index contributed by atoms with van der Waals surface area (Å²) in [6, 6.07) is 9.77. The van der Waals surface area contributed by atoms with Crippen molar-refractivity contribution in [1.29, 1.82) is 0 Å². The van der Waals surface area contributed by atoms with Gasteiger partial charge in [-0.3, -0.25) is 4.79 Å². The van der Waals surface area contributed by atoms with Gasteiger partial charge in [-0.05, 0) is 55.7 Å². The first-order valence-electron chi connectivity index (χ1n) is 10.2. The van der Waals surface area contributed by atoms with Gasteiger partial charge in [0.25, 0.3) is 0 Å². The van der Waals surface area contributed by atoms with Crippen molar-refractivity contribution >= 4 is 23.4 Å². The maximum Gasteiger partial charge on any atom is 0.224 e. The molecule has 1 aromatic carbocycles. The summed E-state index contributed by atoms with van der Waals surface area (Å²) in [6.07, 6.45) is 6.68. The SMILES string of the molecule is O=C(CC1CC2CCC(C1)N2)Nc1ccc(CCN2CCSCC2)cc1. The number of fused-ring (bicyclic) bond motifs is 2. The van der Waals surface area contributed by atoms with E-state index in [1.54, 1.807) is 0 Å². The van der Waals surface area contributed by atoms with E-state index < -0.39 is 0 Å². The third kappa shape index (κ3) is 5.02. The van der Waals surface area contributed by atoms with Gasteiger partial charge in [0.1, 0.15) is 0 Å². The average molecular weight is 374 g/mol. The molecule has 2 atom stereocenters. The molecule has 0 spiro atoms. The van der Waals surface area contributed by atoms with Gasteiger partial charge < -0.3 is 15.5 Å². The highest BCUT2D eigenvalue weighted by molar-refractivity contribution is 7.99. The number of carbonyl (C=O) groups is 1. The van der Waals surface area contributed by atoms with E-state index in [-0.39, 0.29) is 5.91 Å². The lowest BCUT2D eigenvalue weighted by atomic mass is 9.89. The number of nitrogens with one attached hydrogen (secondary N) is 2. The van der Waals surface area contributed by atoms with E-state index in [0.717, 1.165) is 31.5 Å². The molecule has 3 aliphatic heterocycles. The first kappa shape index (κ1) is 18.3. The second-order valence-electron chi connectivity index (χ2n) is 8.13. The second kappa shape index (κ2) is 8.77. The number of nitrogens with zero attached hydrogens (tertiary/aromatic N) is 1. The molecule has 3 fully saturated rings. The number of piperidine rings is 1. The molecule has 2 N–H and O–H groups in total. The zero-order valence-electron chi connectivity index (χ0n) is 15.6. The summed E-state index contributed by atoms with van der Waals surface area (Å²) in [7, 11) is 0. The van der Waals surface area contributed by atoms with Crippen molar-refractivity contribution in [1.82, 2.24) is 10.2 Å². The molecule has 26 heavy (non-hydrogen) atoms. The lowest BCUT2D eigenvalue weighted by Crippen LogP contribution is -2.39. The number of hydrogen-bond acceptors (Lipinski definition) is 4. The van der Waals surface area contributed by atoms with Crippen LogP contribution in [-0.4, -0.2) is 54.0 Å². The van der Waals surface area contributed by atoms with Crippen molar-refractivity contribution in [2.45, 2.75) is 50.6 Å². The van der Waals surface area contributed by atoms with Gasteiger partial charge in [-0.1, -0.05) is 12.1 Å². The second-order valence-corrected chi connectivity index (χ2v) is 9.35. The minimum Gasteiger partial charge on any atom is -0.326 e. The van der Waals surface area contributed by atoms with Crippen LogP contribution in [0.25, 0.3) is 0 Å². The van der Waals surface area contributed by atoms with Gasteiger partial charge in [0.15, 0.2) is 0 Å². The monoisotopic (exact) mass is 373 g/mol. The molecule has 0 aromatic heterocycles. The quantitative estimate of drug-likeness (QED) is 0.804. The molecule has 0 radical (unpaired) electrons. The molecule has 4 nitrogen and oxygen atoms in total. The van der Waals surface area contributed by atoms with Crippen molar-refractivity contribution in [2.75, 3.05) is 36.5 Å². The van der Waals surface area contributed by atoms with E-state index in [2.05, 4.69) is 51.6 Å². The molecular weight excluding hydrogens is 342 g/mol. The van der Waals surface area contributed by atoms with Gasteiger partial charge in [0.05, 0.1) is 0 Å². The van der Waals surface area contributed by atoms with E-state index in [0.29, 0.717) is 24.4 Å². The molecule has 1 amide bonds. The zero-order valence-corrected chi connectivity index (χ0v) is 16.4. The fourth-order valence-electron chi connectivity index (χ4n) is 4.68. The highest BCUT2D eigenvalue weighted by Crippen LogP contribution is 2.32. The average Bonchev–Trinajstić information content (AvgIpc) is 3.00. The first-order valence-corrected chi connectivity index (χ1v) is 11.3.